The highest BCUT2D eigenvalue weighted by molar-refractivity contribution is 14.1. The fourth-order valence-corrected chi connectivity index (χ4v) is 1.45. The first kappa shape index (κ1) is 13.2. The summed E-state index contributed by atoms with van der Waals surface area (Å²) in [5, 5.41) is 2.63. The zero-order chi connectivity index (χ0) is 12.3. The van der Waals surface area contributed by atoms with Crippen LogP contribution in [-0.2, 0) is 4.74 Å². The van der Waals surface area contributed by atoms with Gasteiger partial charge in [0.05, 0.1) is 0 Å². The monoisotopic (exact) mass is 334 g/mol. The van der Waals surface area contributed by atoms with Gasteiger partial charge in [0.1, 0.15) is 11.4 Å². The van der Waals surface area contributed by atoms with Crippen molar-refractivity contribution in [2.45, 2.75) is 33.3 Å². The number of anilines is 1. The molecule has 16 heavy (non-hydrogen) atoms. The van der Waals surface area contributed by atoms with Gasteiger partial charge in [-0.3, -0.25) is 5.32 Å². The van der Waals surface area contributed by atoms with Crippen molar-refractivity contribution in [3.8, 4) is 0 Å². The predicted octanol–water partition coefficient (Wildman–Crippen LogP) is 3.34. The van der Waals surface area contributed by atoms with E-state index >= 15 is 0 Å². The maximum Gasteiger partial charge on any atom is 0.413 e. The van der Waals surface area contributed by atoms with Crippen LogP contribution in [-0.4, -0.2) is 16.7 Å². The van der Waals surface area contributed by atoms with E-state index in [0.29, 0.717) is 5.82 Å². The Morgan fingerprint density at radius 3 is 2.69 bits per heavy atom. The van der Waals surface area contributed by atoms with Crippen molar-refractivity contribution in [2.24, 2.45) is 0 Å². The van der Waals surface area contributed by atoms with Gasteiger partial charge in [-0.05, 0) is 56.4 Å². The number of hydrogen-bond acceptors (Lipinski definition) is 3. The van der Waals surface area contributed by atoms with E-state index in [1.54, 1.807) is 6.20 Å². The molecule has 0 radical (unpaired) electrons. The number of rotatable bonds is 1. The number of hydrogen-bond donors (Lipinski definition) is 1. The van der Waals surface area contributed by atoms with Crippen molar-refractivity contribution in [3.05, 3.63) is 21.4 Å². The Kier molecular flexibility index (Phi) is 4.12. The lowest BCUT2D eigenvalue weighted by atomic mass is 10.2. The van der Waals surface area contributed by atoms with Gasteiger partial charge < -0.3 is 4.74 Å². The fraction of sp³-hybridized carbons (Fsp3) is 0.455. The Hall–Kier alpha value is -0.850. The van der Waals surface area contributed by atoms with Crippen molar-refractivity contribution < 1.29 is 9.53 Å². The molecule has 0 saturated heterocycles. The van der Waals surface area contributed by atoms with Gasteiger partial charge in [-0.15, -0.1) is 0 Å². The lowest BCUT2D eigenvalue weighted by Crippen LogP contribution is -2.27. The van der Waals surface area contributed by atoms with E-state index in [0.717, 1.165) is 9.13 Å². The molecule has 0 aliphatic heterocycles. The van der Waals surface area contributed by atoms with Crippen LogP contribution in [0.3, 0.4) is 0 Å². The lowest BCUT2D eigenvalue weighted by Gasteiger charge is -2.19. The van der Waals surface area contributed by atoms with Crippen LogP contribution in [0, 0.1) is 10.5 Å². The molecular weight excluding hydrogens is 319 g/mol. The molecule has 1 aromatic heterocycles. The van der Waals surface area contributed by atoms with E-state index in [2.05, 4.69) is 32.9 Å². The summed E-state index contributed by atoms with van der Waals surface area (Å²) >= 11 is 2.19. The molecule has 88 valence electrons. The third kappa shape index (κ3) is 3.96. The SMILES string of the molecule is Cc1c(I)ccnc1NC(=O)OC(C)(C)C. The number of carbonyl (C=O) groups excluding carboxylic acids is 1. The minimum atomic E-state index is -0.500. The molecule has 4 nitrogen and oxygen atoms in total. The van der Waals surface area contributed by atoms with Crippen LogP contribution in [0.5, 0.6) is 0 Å². The molecule has 1 aromatic rings. The van der Waals surface area contributed by atoms with Crippen molar-refractivity contribution in [3.63, 3.8) is 0 Å². The van der Waals surface area contributed by atoms with Gasteiger partial charge in [0.15, 0.2) is 0 Å². The summed E-state index contributed by atoms with van der Waals surface area (Å²) in [6.45, 7) is 7.37. The molecular formula is C11H15IN2O2. The number of nitrogens with one attached hydrogen (secondary N) is 1. The lowest BCUT2D eigenvalue weighted by molar-refractivity contribution is 0.0635. The zero-order valence-corrected chi connectivity index (χ0v) is 12.0. The quantitative estimate of drug-likeness (QED) is 0.802. The van der Waals surface area contributed by atoms with Gasteiger partial charge in [0.25, 0.3) is 0 Å². The van der Waals surface area contributed by atoms with E-state index < -0.39 is 11.7 Å². The van der Waals surface area contributed by atoms with Crippen LogP contribution < -0.4 is 5.32 Å². The fourth-order valence-electron chi connectivity index (χ4n) is 1.04. The van der Waals surface area contributed by atoms with E-state index in [-0.39, 0.29) is 0 Å². The molecule has 0 fully saturated rings. The summed E-state index contributed by atoms with van der Waals surface area (Å²) in [5.41, 5.74) is 0.439. The molecule has 0 aromatic carbocycles. The van der Waals surface area contributed by atoms with E-state index in [1.165, 1.54) is 0 Å². The largest absolute Gasteiger partial charge is 0.444 e. The minimum Gasteiger partial charge on any atom is -0.444 e. The molecule has 0 unspecified atom stereocenters. The third-order valence-electron chi connectivity index (χ3n) is 1.76. The van der Waals surface area contributed by atoms with Crippen LogP contribution >= 0.6 is 22.6 Å². The van der Waals surface area contributed by atoms with Crippen molar-refractivity contribution >= 4 is 34.5 Å². The Bertz CT molecular complexity index is 399. The predicted molar refractivity (Wildman–Crippen MR) is 71.5 cm³/mol. The summed E-state index contributed by atoms with van der Waals surface area (Å²) in [6.07, 6.45) is 1.17. The average molecular weight is 334 g/mol. The van der Waals surface area contributed by atoms with Crippen molar-refractivity contribution in [2.75, 3.05) is 5.32 Å². The van der Waals surface area contributed by atoms with Gasteiger partial charge in [-0.1, -0.05) is 0 Å². The third-order valence-corrected chi connectivity index (χ3v) is 2.93. The molecule has 1 rings (SSSR count). The molecule has 5 heteroatoms. The number of carbonyl (C=O) groups is 1. The van der Waals surface area contributed by atoms with E-state index in [1.807, 2.05) is 33.8 Å². The van der Waals surface area contributed by atoms with Crippen LogP contribution in [0.4, 0.5) is 10.6 Å². The zero-order valence-electron chi connectivity index (χ0n) is 9.80. The average Bonchev–Trinajstić information content (AvgIpc) is 2.09. The maximum absolute atomic E-state index is 11.5. The van der Waals surface area contributed by atoms with Crippen LogP contribution in [0.15, 0.2) is 12.3 Å². The first-order chi connectivity index (χ1) is 7.29. The first-order valence-corrected chi connectivity index (χ1v) is 5.98. The minimum absolute atomic E-state index is 0.481. The number of pyridine rings is 1. The summed E-state index contributed by atoms with van der Waals surface area (Å²) in [4.78, 5) is 15.6. The smallest absolute Gasteiger partial charge is 0.413 e. The number of halogens is 1. The molecule has 1 amide bonds. The molecule has 0 aliphatic carbocycles. The normalized spacial score (nSPS) is 11.1. The first-order valence-electron chi connectivity index (χ1n) is 4.91. The molecule has 1 N–H and O–H groups in total. The Balaban J connectivity index is 2.74. The highest BCUT2D eigenvalue weighted by atomic mass is 127. The van der Waals surface area contributed by atoms with Gasteiger partial charge in [0, 0.05) is 15.3 Å². The number of ether oxygens (including phenoxy) is 1. The molecule has 0 atom stereocenters. The molecule has 0 aliphatic rings. The Morgan fingerprint density at radius 1 is 1.50 bits per heavy atom. The summed E-state index contributed by atoms with van der Waals surface area (Å²) in [5.74, 6) is 0.543. The second-order valence-electron chi connectivity index (χ2n) is 4.39. The molecule has 0 bridgehead atoms. The van der Waals surface area contributed by atoms with Crippen LogP contribution in [0.25, 0.3) is 0 Å². The van der Waals surface area contributed by atoms with Gasteiger partial charge in [-0.2, -0.15) is 0 Å². The highest BCUT2D eigenvalue weighted by Gasteiger charge is 2.17. The maximum atomic E-state index is 11.5. The number of amides is 1. The number of aromatic nitrogens is 1. The summed E-state index contributed by atoms with van der Waals surface area (Å²) in [6, 6.07) is 1.89. The standard InChI is InChI=1S/C11H15IN2O2/c1-7-8(12)5-6-13-9(7)14-10(15)16-11(2,3)4/h5-6H,1-4H3,(H,13,14,15). The molecule has 1 heterocycles. The highest BCUT2D eigenvalue weighted by Crippen LogP contribution is 2.18. The second-order valence-corrected chi connectivity index (χ2v) is 5.56. The van der Waals surface area contributed by atoms with Crippen LogP contribution in [0.1, 0.15) is 26.3 Å². The van der Waals surface area contributed by atoms with Crippen molar-refractivity contribution in [1.82, 2.24) is 4.98 Å². The van der Waals surface area contributed by atoms with Crippen LogP contribution in [0.2, 0.25) is 0 Å². The summed E-state index contributed by atoms with van der Waals surface area (Å²) in [7, 11) is 0. The Morgan fingerprint density at radius 2 is 2.12 bits per heavy atom. The number of nitrogens with zero attached hydrogens (tertiary/aromatic N) is 1. The van der Waals surface area contributed by atoms with E-state index in [4.69, 9.17) is 4.74 Å². The second kappa shape index (κ2) is 4.99. The van der Waals surface area contributed by atoms with Gasteiger partial charge in [0.2, 0.25) is 0 Å². The van der Waals surface area contributed by atoms with Gasteiger partial charge in [-0.25, -0.2) is 9.78 Å². The molecule has 0 spiro atoms. The van der Waals surface area contributed by atoms with E-state index in [9.17, 15) is 4.79 Å². The molecule has 0 saturated carbocycles. The Labute approximate surface area is 109 Å². The van der Waals surface area contributed by atoms with Crippen molar-refractivity contribution in [1.29, 1.82) is 0 Å². The topological polar surface area (TPSA) is 51.2 Å². The van der Waals surface area contributed by atoms with Gasteiger partial charge >= 0.3 is 6.09 Å². The summed E-state index contributed by atoms with van der Waals surface area (Å²) < 4.78 is 6.20.